The summed E-state index contributed by atoms with van der Waals surface area (Å²) in [6.45, 7) is 0. The molecule has 6 heteroatoms. The topological polar surface area (TPSA) is 72.4 Å². The van der Waals surface area contributed by atoms with Crippen LogP contribution in [0.5, 0.6) is 5.75 Å². The predicted octanol–water partition coefficient (Wildman–Crippen LogP) is 0.756. The van der Waals surface area contributed by atoms with Crippen molar-refractivity contribution in [2.24, 2.45) is 0 Å². The molecule has 0 aliphatic carbocycles. The standard InChI is InChI=1S/C9H13NO.C2H5NO2.HI/c1-10(2,3)8-4-6-9(11)7-5-8;1-3-2(4)5;/h4-7H,1-3H3;3H,1H3,(H,4,5);1H. The van der Waals surface area contributed by atoms with Gasteiger partial charge in [-0.1, -0.05) is 0 Å². The number of carbonyl (C=O) groups is 1. The van der Waals surface area contributed by atoms with Gasteiger partial charge in [0.05, 0.1) is 21.1 Å². The number of phenolic OH excluding ortho intramolecular Hbond substituents is 1. The number of hydrogen-bond acceptors (Lipinski definition) is 3. The fourth-order valence-electron chi connectivity index (χ4n) is 0.900. The Bertz CT molecular complexity index is 334. The molecule has 0 heterocycles. The Morgan fingerprint density at radius 1 is 1.24 bits per heavy atom. The minimum atomic E-state index is -1.25. The van der Waals surface area contributed by atoms with Gasteiger partial charge >= 0.3 is 0 Å². The second-order valence-corrected chi connectivity index (χ2v) is 4.07. The van der Waals surface area contributed by atoms with Crippen molar-refractivity contribution in [3.63, 3.8) is 0 Å². The van der Waals surface area contributed by atoms with E-state index in [1.807, 2.05) is 17.4 Å². The van der Waals surface area contributed by atoms with Crippen molar-refractivity contribution in [1.29, 1.82) is 0 Å². The molecule has 0 radical (unpaired) electrons. The lowest BCUT2D eigenvalue weighted by Crippen LogP contribution is -2.34. The maximum absolute atomic E-state index is 9.15. The van der Waals surface area contributed by atoms with E-state index < -0.39 is 6.09 Å². The average Bonchev–Trinajstić information content (AvgIpc) is 2.18. The van der Waals surface area contributed by atoms with Crippen molar-refractivity contribution in [1.82, 2.24) is 9.80 Å². The van der Waals surface area contributed by atoms with E-state index in [4.69, 9.17) is 15.0 Å². The molecule has 1 aromatic carbocycles. The summed E-state index contributed by atoms with van der Waals surface area (Å²) in [5, 5.41) is 20.0. The highest BCUT2D eigenvalue weighted by Gasteiger charge is 2.10. The molecule has 17 heavy (non-hydrogen) atoms. The summed E-state index contributed by atoms with van der Waals surface area (Å²) in [5.41, 5.74) is 1.18. The number of carboxylic acid groups (broad SMARTS) is 1. The Kier molecular flexibility index (Phi) is 8.77. The molecule has 2 N–H and O–H groups in total. The Morgan fingerprint density at radius 2 is 1.59 bits per heavy atom. The first-order valence-corrected chi connectivity index (χ1v) is 4.77. The van der Waals surface area contributed by atoms with Crippen molar-refractivity contribution in [3.8, 4) is 5.75 Å². The van der Waals surface area contributed by atoms with Crippen LogP contribution in [0.4, 0.5) is 10.5 Å². The van der Waals surface area contributed by atoms with E-state index in [-0.39, 0.29) is 24.0 Å². The van der Waals surface area contributed by atoms with Gasteiger partial charge < -0.3 is 20.3 Å². The Hall–Kier alpha value is -1.02. The molecular weight excluding hydrogens is 335 g/mol. The molecule has 0 atom stereocenters. The van der Waals surface area contributed by atoms with E-state index in [2.05, 4.69) is 21.1 Å². The summed E-state index contributed by atoms with van der Waals surface area (Å²) in [5.74, 6) is 0.321. The van der Waals surface area contributed by atoms with Gasteiger partial charge in [0, 0.05) is 19.2 Å². The summed E-state index contributed by atoms with van der Waals surface area (Å²) in [6.07, 6.45) is -1.25. The van der Waals surface area contributed by atoms with Crippen molar-refractivity contribution in [2.45, 2.75) is 0 Å². The van der Waals surface area contributed by atoms with Crippen molar-refractivity contribution in [2.75, 3.05) is 28.2 Å². The van der Waals surface area contributed by atoms with Crippen LogP contribution in [0.1, 0.15) is 0 Å². The van der Waals surface area contributed by atoms with Gasteiger partial charge in [-0.15, -0.1) is 24.0 Å². The van der Waals surface area contributed by atoms with E-state index in [1.165, 1.54) is 12.7 Å². The van der Waals surface area contributed by atoms with Crippen LogP contribution in [0, 0.1) is 0 Å². The van der Waals surface area contributed by atoms with Gasteiger partial charge in [-0.2, -0.15) is 0 Å². The van der Waals surface area contributed by atoms with E-state index in [9.17, 15) is 0 Å². The van der Waals surface area contributed by atoms with Crippen molar-refractivity contribution in [3.05, 3.63) is 24.3 Å². The van der Waals surface area contributed by atoms with Crippen LogP contribution in [0.3, 0.4) is 0 Å². The third kappa shape index (κ3) is 8.75. The molecule has 0 spiro atoms. The van der Waals surface area contributed by atoms with Crippen LogP contribution < -0.4 is 14.9 Å². The van der Waals surface area contributed by atoms with Crippen LogP contribution in [0.25, 0.3) is 0 Å². The molecule has 5 nitrogen and oxygen atoms in total. The van der Waals surface area contributed by atoms with E-state index >= 15 is 0 Å². The molecule has 0 bridgehead atoms. The molecule has 1 rings (SSSR count). The van der Waals surface area contributed by atoms with Gasteiger partial charge in [-0.3, -0.25) is 4.48 Å². The molecule has 98 valence electrons. The number of halogens is 1. The number of quaternary nitrogens is 1. The molecule has 0 aromatic heterocycles. The van der Waals surface area contributed by atoms with E-state index in [0.29, 0.717) is 5.75 Å². The lowest BCUT2D eigenvalue weighted by Gasteiger charge is -2.22. The van der Waals surface area contributed by atoms with Crippen LogP contribution in [-0.4, -0.2) is 39.4 Å². The lowest BCUT2D eigenvalue weighted by atomic mass is 10.2. The third-order valence-electron chi connectivity index (χ3n) is 1.83. The lowest BCUT2D eigenvalue weighted by molar-refractivity contribution is -0.250. The van der Waals surface area contributed by atoms with Gasteiger partial charge in [-0.05, 0) is 12.1 Å². The molecule has 0 fully saturated rings. The minimum Gasteiger partial charge on any atom is -0.530 e. The first kappa shape index (κ1) is 18.3. The fourth-order valence-corrected chi connectivity index (χ4v) is 0.900. The van der Waals surface area contributed by atoms with E-state index in [1.54, 1.807) is 12.1 Å². The third-order valence-corrected chi connectivity index (χ3v) is 1.83. The van der Waals surface area contributed by atoms with Gasteiger partial charge in [0.25, 0.3) is 0 Å². The smallest absolute Gasteiger partial charge is 0.133 e. The summed E-state index contributed by atoms with van der Waals surface area (Å²) >= 11 is 0. The van der Waals surface area contributed by atoms with E-state index in [0.717, 1.165) is 4.48 Å². The Labute approximate surface area is 119 Å². The van der Waals surface area contributed by atoms with Gasteiger partial charge in [0.15, 0.2) is 0 Å². The van der Waals surface area contributed by atoms with Crippen molar-refractivity contribution >= 4 is 35.8 Å². The summed E-state index contributed by atoms with van der Waals surface area (Å²) < 4.78 is 0.778. The zero-order valence-electron chi connectivity index (χ0n) is 10.4. The molecule has 0 aliphatic heterocycles. The first-order valence-electron chi connectivity index (χ1n) is 4.77. The highest BCUT2D eigenvalue weighted by atomic mass is 127. The van der Waals surface area contributed by atoms with Crippen molar-refractivity contribution < 1.29 is 15.0 Å². The number of phenols is 1. The number of amides is 1. The zero-order valence-corrected chi connectivity index (χ0v) is 12.8. The highest BCUT2D eigenvalue weighted by molar-refractivity contribution is 14.0. The number of rotatable bonds is 1. The Balaban J connectivity index is 0. The molecule has 0 saturated carbocycles. The Morgan fingerprint density at radius 3 is 1.82 bits per heavy atom. The number of nitrogens with one attached hydrogen (secondary N) is 1. The number of hydrogen-bond donors (Lipinski definition) is 2. The molecule has 0 unspecified atom stereocenters. The maximum Gasteiger partial charge on any atom is 0.133 e. The van der Waals surface area contributed by atoms with Crippen LogP contribution in [0.2, 0.25) is 0 Å². The van der Waals surface area contributed by atoms with Crippen LogP contribution in [-0.2, 0) is 0 Å². The second-order valence-electron chi connectivity index (χ2n) is 4.07. The monoisotopic (exact) mass is 354 g/mol. The quantitative estimate of drug-likeness (QED) is 0.578. The molecule has 0 saturated heterocycles. The average molecular weight is 354 g/mol. The molecule has 1 aromatic rings. The largest absolute Gasteiger partial charge is 0.530 e. The number of aromatic hydroxyl groups is 1. The second kappa shape index (κ2) is 8.13. The maximum atomic E-state index is 9.15. The number of nitrogens with zero attached hydrogens (tertiary/aromatic N) is 1. The summed E-state index contributed by atoms with van der Waals surface area (Å²) in [4.78, 5) is 9.15. The fraction of sp³-hybridized carbons (Fsp3) is 0.364. The normalized spacial score (nSPS) is 9.41. The van der Waals surface area contributed by atoms with Crippen LogP contribution in [0.15, 0.2) is 24.3 Å². The summed E-state index contributed by atoms with van der Waals surface area (Å²) in [7, 11) is 7.56. The van der Waals surface area contributed by atoms with Gasteiger partial charge in [0.2, 0.25) is 0 Å². The van der Waals surface area contributed by atoms with Gasteiger partial charge in [0.1, 0.15) is 17.5 Å². The van der Waals surface area contributed by atoms with Gasteiger partial charge in [-0.25, -0.2) is 0 Å². The zero-order chi connectivity index (χ0) is 12.8. The number of benzene rings is 1. The molecule has 1 amide bonds. The highest BCUT2D eigenvalue weighted by Crippen LogP contribution is 2.19. The SMILES string of the molecule is CNC(=O)[O-].C[N+](C)(C)c1ccc(O)cc1.I. The number of carbonyl (C=O) groups excluding carboxylic acids is 1. The molecular formula is C11H19IN2O3. The minimum absolute atomic E-state index is 0. The summed E-state index contributed by atoms with van der Waals surface area (Å²) in [6, 6.07) is 7.27. The molecule has 0 aliphatic rings. The predicted molar refractivity (Wildman–Crippen MR) is 77.5 cm³/mol. The first-order chi connectivity index (χ1) is 7.27. The van der Waals surface area contributed by atoms with Crippen LogP contribution >= 0.6 is 24.0 Å².